The molecule has 2 atom stereocenters. The second kappa shape index (κ2) is 5.40. The highest BCUT2D eigenvalue weighted by Crippen LogP contribution is 2.33. The van der Waals surface area contributed by atoms with E-state index in [4.69, 9.17) is 10.5 Å². The Morgan fingerprint density at radius 3 is 3.06 bits per heavy atom. The van der Waals surface area contributed by atoms with Gasteiger partial charge in [0.1, 0.15) is 5.75 Å². The summed E-state index contributed by atoms with van der Waals surface area (Å²) in [4.78, 5) is 10.9. The van der Waals surface area contributed by atoms with Crippen LogP contribution in [0.2, 0.25) is 0 Å². The number of primary amides is 1. The Labute approximate surface area is 108 Å². The predicted molar refractivity (Wildman–Crippen MR) is 70.4 cm³/mol. The van der Waals surface area contributed by atoms with Gasteiger partial charge in [0, 0.05) is 6.04 Å². The molecule has 0 spiro atoms. The van der Waals surface area contributed by atoms with Crippen LogP contribution in [0.1, 0.15) is 30.5 Å². The molecule has 0 fully saturated rings. The van der Waals surface area contributed by atoms with Gasteiger partial charge in [-0.05, 0) is 43.1 Å². The quantitative estimate of drug-likeness (QED) is 0.827. The van der Waals surface area contributed by atoms with E-state index in [0.717, 1.165) is 18.6 Å². The highest BCUT2D eigenvalue weighted by molar-refractivity contribution is 5.76. The summed E-state index contributed by atoms with van der Waals surface area (Å²) < 4.78 is 5.60. The third-order valence-corrected chi connectivity index (χ3v) is 3.53. The molecule has 0 bridgehead atoms. The van der Waals surface area contributed by atoms with Gasteiger partial charge in [0.05, 0.1) is 12.5 Å². The third kappa shape index (κ3) is 2.64. The monoisotopic (exact) mass is 248 g/mol. The highest BCUT2D eigenvalue weighted by Gasteiger charge is 2.21. The summed E-state index contributed by atoms with van der Waals surface area (Å²) in [6, 6.07) is 6.59. The van der Waals surface area contributed by atoms with Crippen molar-refractivity contribution in [3.05, 3.63) is 29.3 Å². The van der Waals surface area contributed by atoms with E-state index in [-0.39, 0.29) is 11.8 Å². The summed E-state index contributed by atoms with van der Waals surface area (Å²) in [6.45, 7) is 2.11. The Hall–Kier alpha value is -1.55. The van der Waals surface area contributed by atoms with Crippen molar-refractivity contribution in [2.45, 2.75) is 25.8 Å². The minimum atomic E-state index is -0.327. The first-order valence-corrected chi connectivity index (χ1v) is 6.34. The minimum Gasteiger partial charge on any atom is -0.493 e. The highest BCUT2D eigenvalue weighted by atomic mass is 16.5. The molecule has 0 heterocycles. The van der Waals surface area contributed by atoms with E-state index < -0.39 is 0 Å². The maximum absolute atomic E-state index is 10.9. The maximum Gasteiger partial charge on any atom is 0.223 e. The van der Waals surface area contributed by atoms with Crippen LogP contribution in [0.5, 0.6) is 5.75 Å². The van der Waals surface area contributed by atoms with E-state index in [0.29, 0.717) is 12.6 Å². The summed E-state index contributed by atoms with van der Waals surface area (Å²) in [5.41, 5.74) is 7.89. The largest absolute Gasteiger partial charge is 0.493 e. The van der Waals surface area contributed by atoms with Crippen LogP contribution in [0, 0.1) is 5.92 Å². The Morgan fingerprint density at radius 1 is 1.61 bits per heavy atom. The number of carbonyl (C=O) groups is 1. The van der Waals surface area contributed by atoms with Crippen LogP contribution in [0.15, 0.2) is 18.2 Å². The van der Waals surface area contributed by atoms with Crippen molar-refractivity contribution in [1.82, 2.24) is 5.32 Å². The minimum absolute atomic E-state index is 0.261. The number of nitrogens with one attached hydrogen (secondary N) is 1. The first-order chi connectivity index (χ1) is 8.61. The van der Waals surface area contributed by atoms with Crippen molar-refractivity contribution >= 4 is 5.91 Å². The van der Waals surface area contributed by atoms with Crippen LogP contribution in [0.4, 0.5) is 0 Å². The summed E-state index contributed by atoms with van der Waals surface area (Å²) in [5.74, 6) is 0.230. The van der Waals surface area contributed by atoms with Gasteiger partial charge in [-0.2, -0.15) is 0 Å². The summed E-state index contributed by atoms with van der Waals surface area (Å²) >= 11 is 0. The molecule has 4 heteroatoms. The first kappa shape index (κ1) is 12.9. The van der Waals surface area contributed by atoms with Gasteiger partial charge in [0.25, 0.3) is 0 Å². The van der Waals surface area contributed by atoms with E-state index >= 15 is 0 Å². The zero-order valence-corrected chi connectivity index (χ0v) is 10.9. The molecule has 0 saturated carbocycles. The molecule has 98 valence electrons. The lowest BCUT2D eigenvalue weighted by Gasteiger charge is -2.13. The van der Waals surface area contributed by atoms with Gasteiger partial charge in [-0.25, -0.2) is 0 Å². The van der Waals surface area contributed by atoms with Gasteiger partial charge >= 0.3 is 0 Å². The molecule has 1 aliphatic carbocycles. The fourth-order valence-corrected chi connectivity index (χ4v) is 2.29. The number of ether oxygens (including phenoxy) is 1. The van der Waals surface area contributed by atoms with Crippen LogP contribution < -0.4 is 15.8 Å². The van der Waals surface area contributed by atoms with Crippen LogP contribution in [-0.4, -0.2) is 19.6 Å². The molecule has 1 amide bonds. The van der Waals surface area contributed by atoms with Gasteiger partial charge in [-0.3, -0.25) is 4.79 Å². The molecule has 1 aliphatic rings. The number of carbonyl (C=O) groups excluding carboxylic acids is 1. The maximum atomic E-state index is 10.9. The van der Waals surface area contributed by atoms with Crippen molar-refractivity contribution < 1.29 is 9.53 Å². The molecule has 3 N–H and O–H groups in total. The molecule has 0 saturated heterocycles. The SMILES string of the molecule is CNC1CCc2cc(OCC(C)C(N)=O)ccc21. The van der Waals surface area contributed by atoms with Crippen molar-refractivity contribution in [2.24, 2.45) is 11.7 Å². The lowest BCUT2D eigenvalue weighted by atomic mass is 10.1. The summed E-state index contributed by atoms with van der Waals surface area (Å²) in [7, 11) is 1.98. The molecule has 2 rings (SSSR count). The lowest BCUT2D eigenvalue weighted by molar-refractivity contribution is -0.122. The van der Waals surface area contributed by atoms with E-state index in [2.05, 4.69) is 17.4 Å². The fraction of sp³-hybridized carbons (Fsp3) is 0.500. The first-order valence-electron chi connectivity index (χ1n) is 6.34. The van der Waals surface area contributed by atoms with E-state index in [1.165, 1.54) is 11.1 Å². The molecule has 4 nitrogen and oxygen atoms in total. The fourth-order valence-electron chi connectivity index (χ4n) is 2.29. The smallest absolute Gasteiger partial charge is 0.223 e. The van der Waals surface area contributed by atoms with Crippen molar-refractivity contribution in [3.8, 4) is 5.75 Å². The average Bonchev–Trinajstić information content (AvgIpc) is 2.77. The molecule has 1 aromatic carbocycles. The van der Waals surface area contributed by atoms with Crippen LogP contribution in [0.3, 0.4) is 0 Å². The molecular formula is C14H20N2O2. The van der Waals surface area contributed by atoms with Crippen LogP contribution in [-0.2, 0) is 11.2 Å². The third-order valence-electron chi connectivity index (χ3n) is 3.53. The van der Waals surface area contributed by atoms with Crippen molar-refractivity contribution in [2.75, 3.05) is 13.7 Å². The van der Waals surface area contributed by atoms with E-state index in [9.17, 15) is 4.79 Å². The Balaban J connectivity index is 2.02. The molecule has 0 aromatic heterocycles. The molecule has 0 aliphatic heterocycles. The lowest BCUT2D eigenvalue weighted by Crippen LogP contribution is -2.25. The average molecular weight is 248 g/mol. The van der Waals surface area contributed by atoms with Gasteiger partial charge < -0.3 is 15.8 Å². The molecular weight excluding hydrogens is 228 g/mol. The molecule has 18 heavy (non-hydrogen) atoms. The number of nitrogens with two attached hydrogens (primary N) is 1. The number of hydrogen-bond acceptors (Lipinski definition) is 3. The van der Waals surface area contributed by atoms with Gasteiger partial charge in [0.15, 0.2) is 0 Å². The normalized spacial score (nSPS) is 19.3. The number of aryl methyl sites for hydroxylation is 1. The van der Waals surface area contributed by atoms with E-state index in [1.54, 1.807) is 6.92 Å². The number of rotatable bonds is 5. The summed E-state index contributed by atoms with van der Waals surface area (Å²) in [5, 5.41) is 3.30. The second-order valence-electron chi connectivity index (χ2n) is 4.85. The molecule has 2 unspecified atom stereocenters. The van der Waals surface area contributed by atoms with Gasteiger partial charge in [-0.1, -0.05) is 13.0 Å². The number of benzene rings is 1. The Bertz CT molecular complexity index is 445. The zero-order chi connectivity index (χ0) is 13.1. The van der Waals surface area contributed by atoms with Gasteiger partial charge in [-0.15, -0.1) is 0 Å². The predicted octanol–water partition coefficient (Wildman–Crippen LogP) is 1.39. The van der Waals surface area contributed by atoms with Crippen molar-refractivity contribution in [1.29, 1.82) is 0 Å². The topological polar surface area (TPSA) is 64.3 Å². The zero-order valence-electron chi connectivity index (χ0n) is 10.9. The Morgan fingerprint density at radius 2 is 2.39 bits per heavy atom. The standard InChI is InChI=1S/C14H20N2O2/c1-9(14(15)17)8-18-11-4-5-12-10(7-11)3-6-13(12)16-2/h4-5,7,9,13,16H,3,6,8H2,1-2H3,(H2,15,17). The van der Waals surface area contributed by atoms with Gasteiger partial charge in [0.2, 0.25) is 5.91 Å². The van der Waals surface area contributed by atoms with Crippen LogP contribution in [0.25, 0.3) is 0 Å². The number of amides is 1. The second-order valence-corrected chi connectivity index (χ2v) is 4.85. The molecule has 1 aromatic rings. The molecule has 0 radical (unpaired) electrons. The number of fused-ring (bicyclic) bond motifs is 1. The van der Waals surface area contributed by atoms with Crippen molar-refractivity contribution in [3.63, 3.8) is 0 Å². The van der Waals surface area contributed by atoms with Crippen LogP contribution >= 0.6 is 0 Å². The summed E-state index contributed by atoms with van der Waals surface area (Å²) in [6.07, 6.45) is 2.20. The Kier molecular flexibility index (Phi) is 3.87. The van der Waals surface area contributed by atoms with E-state index in [1.807, 2.05) is 13.1 Å². The number of hydrogen-bond donors (Lipinski definition) is 2.